The summed E-state index contributed by atoms with van der Waals surface area (Å²) in [5.41, 5.74) is 8.37. The lowest BCUT2D eigenvalue weighted by Crippen LogP contribution is -2.51. The molecule has 3 aromatic rings. The van der Waals surface area contributed by atoms with Gasteiger partial charge in [0.15, 0.2) is 0 Å². The van der Waals surface area contributed by atoms with Gasteiger partial charge >= 0.3 is 0 Å². The van der Waals surface area contributed by atoms with E-state index < -0.39 is 21.6 Å². The number of amides is 2. The van der Waals surface area contributed by atoms with Gasteiger partial charge in [0.25, 0.3) is 5.91 Å². The Morgan fingerprint density at radius 3 is 2.49 bits per heavy atom. The second kappa shape index (κ2) is 13.0. The fourth-order valence-corrected chi connectivity index (χ4v) is 7.51. The van der Waals surface area contributed by atoms with Crippen LogP contribution in [-0.4, -0.2) is 50.4 Å². The maximum atomic E-state index is 13.9. The molecule has 0 bridgehead atoms. The third kappa shape index (κ3) is 7.72. The Labute approximate surface area is 250 Å². The van der Waals surface area contributed by atoms with Gasteiger partial charge in [0.2, 0.25) is 15.9 Å². The predicted molar refractivity (Wildman–Crippen MR) is 168 cm³/mol. The number of sulfonamides is 1. The van der Waals surface area contributed by atoms with E-state index >= 15 is 0 Å². The van der Waals surface area contributed by atoms with E-state index in [0.717, 1.165) is 26.6 Å². The summed E-state index contributed by atoms with van der Waals surface area (Å²) in [6, 6.07) is 19.7. The van der Waals surface area contributed by atoms with Gasteiger partial charge in [-0.2, -0.15) is 0 Å². The Morgan fingerprint density at radius 1 is 1.12 bits per heavy atom. The highest BCUT2D eigenvalue weighted by atomic mass is 32.2. The van der Waals surface area contributed by atoms with Crippen molar-refractivity contribution in [2.75, 3.05) is 23.5 Å². The Hall–Kier alpha value is -2.83. The molecule has 8 nitrogen and oxygen atoms in total. The average Bonchev–Trinajstić information content (AvgIpc) is 3.04. The quantitative estimate of drug-likeness (QED) is 0.286. The molecule has 41 heavy (non-hydrogen) atoms. The molecule has 3 aromatic carbocycles. The van der Waals surface area contributed by atoms with E-state index in [1.807, 2.05) is 48.7 Å². The predicted octanol–water partition coefficient (Wildman–Crippen LogP) is 4.62. The first-order valence-electron chi connectivity index (χ1n) is 13.3. The fourth-order valence-electron chi connectivity index (χ4n) is 4.62. The van der Waals surface area contributed by atoms with Gasteiger partial charge in [-0.1, -0.05) is 49.4 Å². The molecule has 0 saturated carbocycles. The van der Waals surface area contributed by atoms with Gasteiger partial charge in [-0.15, -0.1) is 23.5 Å². The van der Waals surface area contributed by atoms with E-state index in [1.54, 1.807) is 67.4 Å². The van der Waals surface area contributed by atoms with Gasteiger partial charge < -0.3 is 16.0 Å². The minimum Gasteiger partial charge on any atom is -0.343 e. The number of carbonyl (C=O) groups is 2. The van der Waals surface area contributed by atoms with Crippen molar-refractivity contribution in [3.63, 3.8) is 0 Å². The second-order valence-corrected chi connectivity index (χ2v) is 14.2. The van der Waals surface area contributed by atoms with E-state index in [9.17, 15) is 18.0 Å². The minimum absolute atomic E-state index is 0.109. The minimum atomic E-state index is -3.65. The fraction of sp³-hybridized carbons (Fsp3) is 0.333. The number of hydrogen-bond acceptors (Lipinski definition) is 7. The monoisotopic (exact) mass is 612 g/mol. The molecule has 1 atom stereocenters. The van der Waals surface area contributed by atoms with Crippen molar-refractivity contribution in [3.8, 4) is 11.1 Å². The second-order valence-electron chi connectivity index (χ2n) is 10.5. The van der Waals surface area contributed by atoms with Crippen molar-refractivity contribution in [3.05, 3.63) is 72.3 Å². The zero-order valence-electron chi connectivity index (χ0n) is 23.6. The highest BCUT2D eigenvalue weighted by Gasteiger charge is 2.33. The first-order chi connectivity index (χ1) is 19.4. The Morgan fingerprint density at radius 2 is 1.83 bits per heavy atom. The van der Waals surface area contributed by atoms with Gasteiger partial charge in [-0.05, 0) is 55.5 Å². The van der Waals surface area contributed by atoms with Crippen LogP contribution in [0.1, 0.15) is 32.8 Å². The Balaban J connectivity index is 1.64. The molecule has 11 heteroatoms. The maximum Gasteiger partial charge on any atom is 0.250 e. The van der Waals surface area contributed by atoms with Crippen molar-refractivity contribution in [1.29, 1.82) is 0 Å². The van der Waals surface area contributed by atoms with Crippen LogP contribution in [0.25, 0.3) is 11.1 Å². The van der Waals surface area contributed by atoms with Crippen molar-refractivity contribution >= 4 is 51.0 Å². The molecule has 0 unspecified atom stereocenters. The number of nitrogens with zero attached hydrogens (tertiary/aromatic N) is 1. The molecule has 0 radical (unpaired) electrons. The van der Waals surface area contributed by atoms with Crippen LogP contribution in [0.15, 0.2) is 81.4 Å². The summed E-state index contributed by atoms with van der Waals surface area (Å²) in [7, 11) is -3.65. The Bertz CT molecular complexity index is 1520. The van der Waals surface area contributed by atoms with Crippen molar-refractivity contribution < 1.29 is 18.0 Å². The molecule has 0 fully saturated rings. The maximum absolute atomic E-state index is 13.9. The standard InChI is InChI=1S/C30H36N4O4S3/c1-5-32-41(37,38)27-9-7-6-8-23(27)21-12-10-20(11-13-21)18-34-25-15-14-22(39-4)16-26(25)40-19-24(29(34)36)33-28(35)17-30(2,3)31/h6-16,24,32H,5,17-19,31H2,1-4H3,(H,33,35)/t24-/m1/s1. The smallest absolute Gasteiger partial charge is 0.250 e. The van der Waals surface area contributed by atoms with Crippen LogP contribution in [0, 0.1) is 0 Å². The van der Waals surface area contributed by atoms with E-state index in [4.69, 9.17) is 5.73 Å². The van der Waals surface area contributed by atoms with Crippen LogP contribution in [0.5, 0.6) is 0 Å². The highest BCUT2D eigenvalue weighted by Crippen LogP contribution is 2.38. The van der Waals surface area contributed by atoms with Crippen LogP contribution in [0.2, 0.25) is 0 Å². The molecule has 4 rings (SSSR count). The van der Waals surface area contributed by atoms with Crippen molar-refractivity contribution in [1.82, 2.24) is 10.0 Å². The molecule has 218 valence electrons. The molecule has 1 aliphatic heterocycles. The van der Waals surface area contributed by atoms with Gasteiger partial charge in [-0.25, -0.2) is 13.1 Å². The molecular weight excluding hydrogens is 577 g/mol. The molecule has 2 amide bonds. The number of nitrogens with one attached hydrogen (secondary N) is 2. The Kier molecular flexibility index (Phi) is 9.86. The van der Waals surface area contributed by atoms with Gasteiger partial charge in [0, 0.05) is 39.6 Å². The van der Waals surface area contributed by atoms with Gasteiger partial charge in [-0.3, -0.25) is 9.59 Å². The summed E-state index contributed by atoms with van der Waals surface area (Å²) in [5.74, 6) is -0.0439. The van der Waals surface area contributed by atoms with Crippen molar-refractivity contribution in [2.45, 2.75) is 60.0 Å². The zero-order chi connectivity index (χ0) is 29.8. The van der Waals surface area contributed by atoms with Crippen molar-refractivity contribution in [2.24, 2.45) is 5.73 Å². The average molecular weight is 613 g/mol. The number of carbonyl (C=O) groups excluding carboxylic acids is 2. The third-order valence-electron chi connectivity index (χ3n) is 6.50. The molecule has 1 aliphatic rings. The van der Waals surface area contributed by atoms with E-state index in [-0.39, 0.29) is 29.7 Å². The molecule has 4 N–H and O–H groups in total. The number of benzene rings is 3. The highest BCUT2D eigenvalue weighted by molar-refractivity contribution is 8.00. The first-order valence-corrected chi connectivity index (χ1v) is 17.0. The van der Waals surface area contributed by atoms with Crippen LogP contribution >= 0.6 is 23.5 Å². The number of anilines is 1. The number of thioether (sulfide) groups is 2. The number of rotatable bonds is 10. The van der Waals surface area contributed by atoms with Crippen LogP contribution in [0.4, 0.5) is 5.69 Å². The third-order valence-corrected chi connectivity index (χ3v) is 9.96. The van der Waals surface area contributed by atoms with E-state index in [2.05, 4.69) is 16.1 Å². The summed E-state index contributed by atoms with van der Waals surface area (Å²) in [5, 5.41) is 2.91. The van der Waals surface area contributed by atoms with E-state index in [1.165, 1.54) is 0 Å². The number of fused-ring (bicyclic) bond motifs is 1. The first kappa shape index (κ1) is 31.1. The van der Waals surface area contributed by atoms with Crippen LogP contribution in [-0.2, 0) is 26.2 Å². The summed E-state index contributed by atoms with van der Waals surface area (Å²) in [6.07, 6.45) is 2.12. The van der Waals surface area contributed by atoms with Crippen LogP contribution < -0.4 is 20.7 Å². The summed E-state index contributed by atoms with van der Waals surface area (Å²) < 4.78 is 28.1. The number of hydrogen-bond donors (Lipinski definition) is 3. The lowest BCUT2D eigenvalue weighted by Gasteiger charge is -2.27. The largest absolute Gasteiger partial charge is 0.343 e. The SMILES string of the molecule is CCNS(=O)(=O)c1ccccc1-c1ccc(CN2C(=O)[C@H](NC(=O)CC(C)(C)N)CSc3cc(SC)ccc32)cc1. The molecule has 0 aromatic heterocycles. The zero-order valence-corrected chi connectivity index (χ0v) is 26.1. The molecule has 0 aliphatic carbocycles. The van der Waals surface area contributed by atoms with E-state index in [0.29, 0.717) is 17.9 Å². The number of nitrogens with two attached hydrogens (primary N) is 1. The molecule has 0 saturated heterocycles. The van der Waals surface area contributed by atoms with Crippen LogP contribution in [0.3, 0.4) is 0 Å². The summed E-state index contributed by atoms with van der Waals surface area (Å²) in [4.78, 5) is 30.6. The molecular formula is C30H36N4O4S3. The lowest BCUT2D eigenvalue weighted by molar-refractivity contribution is -0.127. The molecule has 0 spiro atoms. The summed E-state index contributed by atoms with van der Waals surface area (Å²) in [6.45, 7) is 5.88. The topological polar surface area (TPSA) is 122 Å². The lowest BCUT2D eigenvalue weighted by atomic mass is 10.0. The summed E-state index contributed by atoms with van der Waals surface area (Å²) >= 11 is 3.18. The van der Waals surface area contributed by atoms with Gasteiger partial charge in [0.05, 0.1) is 17.1 Å². The normalized spacial score (nSPS) is 15.8. The van der Waals surface area contributed by atoms with Gasteiger partial charge in [0.1, 0.15) is 6.04 Å². The molecule has 1 heterocycles.